The van der Waals surface area contributed by atoms with Crippen molar-refractivity contribution in [1.82, 2.24) is 0 Å². The molecule has 0 spiro atoms. The highest BCUT2D eigenvalue weighted by atomic mass is 19.4. The molecular formula is C13H14F3NO5. The number of alkyl halides is 3. The van der Waals surface area contributed by atoms with Gasteiger partial charge in [-0.1, -0.05) is 0 Å². The monoisotopic (exact) mass is 321 g/mol. The zero-order chi connectivity index (χ0) is 17.1. The molecular weight excluding hydrogens is 307 g/mol. The van der Waals surface area contributed by atoms with Crippen molar-refractivity contribution in [3.05, 3.63) is 23.8 Å². The van der Waals surface area contributed by atoms with Crippen LogP contribution in [0.5, 0.6) is 5.75 Å². The summed E-state index contributed by atoms with van der Waals surface area (Å²) >= 11 is 0. The van der Waals surface area contributed by atoms with Gasteiger partial charge < -0.3 is 14.6 Å². The van der Waals surface area contributed by atoms with Crippen LogP contribution in [0.2, 0.25) is 0 Å². The Morgan fingerprint density at radius 2 is 1.77 bits per heavy atom. The Kier molecular flexibility index (Phi) is 4.90. The number of carbonyl (C=O) groups excluding carboxylic acids is 1. The Balaban J connectivity index is 2.98. The number of amides is 1. The Bertz CT molecular complexity index is 578. The summed E-state index contributed by atoms with van der Waals surface area (Å²) in [5.74, 6) is -2.51. The lowest BCUT2D eigenvalue weighted by molar-refractivity contribution is -0.274. The number of benzene rings is 1. The second-order valence-electron chi connectivity index (χ2n) is 5.19. The fourth-order valence-electron chi connectivity index (χ4n) is 1.41. The van der Waals surface area contributed by atoms with Crippen LogP contribution in [0.3, 0.4) is 0 Å². The van der Waals surface area contributed by atoms with E-state index in [1.807, 2.05) is 0 Å². The van der Waals surface area contributed by atoms with Gasteiger partial charge in [0, 0.05) is 5.69 Å². The number of hydrogen-bond donors (Lipinski definition) is 2. The first-order chi connectivity index (χ1) is 9.87. The van der Waals surface area contributed by atoms with E-state index in [9.17, 15) is 22.8 Å². The van der Waals surface area contributed by atoms with Crippen molar-refractivity contribution in [3.8, 4) is 5.75 Å². The molecule has 6 nitrogen and oxygen atoms in total. The minimum Gasteiger partial charge on any atom is -0.478 e. The average molecular weight is 321 g/mol. The van der Waals surface area contributed by atoms with Crippen molar-refractivity contribution in [3.63, 3.8) is 0 Å². The summed E-state index contributed by atoms with van der Waals surface area (Å²) in [5, 5.41) is 11.1. The lowest BCUT2D eigenvalue weighted by Crippen LogP contribution is -2.27. The number of carboxylic acid groups (broad SMARTS) is 1. The first kappa shape index (κ1) is 17.6. The second kappa shape index (κ2) is 6.12. The number of anilines is 1. The molecule has 0 saturated heterocycles. The normalized spacial score (nSPS) is 11.7. The van der Waals surface area contributed by atoms with Crippen molar-refractivity contribution >= 4 is 17.7 Å². The van der Waals surface area contributed by atoms with Gasteiger partial charge in [-0.15, -0.1) is 13.2 Å². The summed E-state index contributed by atoms with van der Waals surface area (Å²) in [6.45, 7) is 4.86. The Morgan fingerprint density at radius 1 is 1.18 bits per heavy atom. The molecule has 0 aliphatic rings. The molecule has 2 N–H and O–H groups in total. The van der Waals surface area contributed by atoms with Gasteiger partial charge in [0.25, 0.3) is 0 Å². The van der Waals surface area contributed by atoms with Crippen LogP contribution in [0.1, 0.15) is 31.1 Å². The quantitative estimate of drug-likeness (QED) is 0.888. The molecule has 9 heteroatoms. The van der Waals surface area contributed by atoms with E-state index in [-0.39, 0.29) is 5.69 Å². The van der Waals surface area contributed by atoms with Crippen molar-refractivity contribution in [2.24, 2.45) is 0 Å². The molecule has 1 aromatic carbocycles. The number of aromatic carboxylic acids is 1. The van der Waals surface area contributed by atoms with Gasteiger partial charge in [-0.25, -0.2) is 9.59 Å². The van der Waals surface area contributed by atoms with E-state index in [0.717, 1.165) is 18.2 Å². The smallest absolute Gasteiger partial charge is 0.478 e. The van der Waals surface area contributed by atoms with Gasteiger partial charge in [-0.3, -0.25) is 5.32 Å². The maximum atomic E-state index is 12.2. The summed E-state index contributed by atoms with van der Waals surface area (Å²) < 4.78 is 45.1. The predicted molar refractivity (Wildman–Crippen MR) is 69.9 cm³/mol. The lowest BCUT2D eigenvalue weighted by Gasteiger charge is -2.20. The molecule has 1 rings (SSSR count). The maximum Gasteiger partial charge on any atom is 0.573 e. The molecule has 0 aromatic heterocycles. The molecule has 0 fully saturated rings. The second-order valence-corrected chi connectivity index (χ2v) is 5.19. The van der Waals surface area contributed by atoms with E-state index in [1.165, 1.54) is 0 Å². The van der Waals surface area contributed by atoms with Gasteiger partial charge in [-0.2, -0.15) is 0 Å². The van der Waals surface area contributed by atoms with Gasteiger partial charge in [0.15, 0.2) is 0 Å². The molecule has 1 amide bonds. The van der Waals surface area contributed by atoms with Crippen LogP contribution in [0, 0.1) is 0 Å². The van der Waals surface area contributed by atoms with Gasteiger partial charge in [0.2, 0.25) is 0 Å². The lowest BCUT2D eigenvalue weighted by atomic mass is 10.2. The molecule has 0 aliphatic heterocycles. The number of halogens is 3. The van der Waals surface area contributed by atoms with E-state index < -0.39 is 35.3 Å². The molecule has 0 bridgehead atoms. The maximum absolute atomic E-state index is 12.2. The Labute approximate surface area is 123 Å². The molecule has 122 valence electrons. The third-order valence-electron chi connectivity index (χ3n) is 2.08. The summed E-state index contributed by atoms with van der Waals surface area (Å²) in [5.41, 5.74) is -1.56. The van der Waals surface area contributed by atoms with E-state index in [4.69, 9.17) is 9.84 Å². The number of rotatable bonds is 3. The Hall–Kier alpha value is -2.45. The van der Waals surface area contributed by atoms with Crippen molar-refractivity contribution in [2.75, 3.05) is 5.32 Å². The molecule has 0 aliphatic carbocycles. The van der Waals surface area contributed by atoms with Crippen LogP contribution in [0.25, 0.3) is 0 Å². The van der Waals surface area contributed by atoms with Crippen LogP contribution >= 0.6 is 0 Å². The number of carboxylic acids is 1. The molecule has 1 aromatic rings. The molecule has 0 atom stereocenters. The standard InChI is InChI=1S/C13H14F3NO5/c1-12(2,3)22-11(20)17-7-4-5-9(21-13(14,15)16)8(6-7)10(18)19/h4-6H,1-3H3,(H,17,20)(H,18,19). The van der Waals surface area contributed by atoms with E-state index in [2.05, 4.69) is 10.1 Å². The molecule has 0 radical (unpaired) electrons. The highest BCUT2D eigenvalue weighted by Crippen LogP contribution is 2.29. The third kappa shape index (κ3) is 5.90. The van der Waals surface area contributed by atoms with Crippen LogP contribution in [-0.4, -0.2) is 29.1 Å². The van der Waals surface area contributed by atoms with Gasteiger partial charge in [0.05, 0.1) is 0 Å². The molecule has 22 heavy (non-hydrogen) atoms. The topological polar surface area (TPSA) is 84.9 Å². The molecule has 0 unspecified atom stereocenters. The highest BCUT2D eigenvalue weighted by Gasteiger charge is 2.33. The predicted octanol–water partition coefficient (Wildman–Crippen LogP) is 3.63. The highest BCUT2D eigenvalue weighted by molar-refractivity contribution is 5.94. The van der Waals surface area contributed by atoms with Crippen LogP contribution < -0.4 is 10.1 Å². The molecule has 0 heterocycles. The van der Waals surface area contributed by atoms with E-state index in [1.54, 1.807) is 20.8 Å². The van der Waals surface area contributed by atoms with Gasteiger partial charge in [-0.05, 0) is 39.0 Å². The molecule has 0 saturated carbocycles. The minimum atomic E-state index is -5.02. The zero-order valence-corrected chi connectivity index (χ0v) is 11.9. The van der Waals surface area contributed by atoms with E-state index in [0.29, 0.717) is 0 Å². The van der Waals surface area contributed by atoms with Crippen LogP contribution in [-0.2, 0) is 4.74 Å². The van der Waals surface area contributed by atoms with Gasteiger partial charge >= 0.3 is 18.4 Å². The number of hydrogen-bond acceptors (Lipinski definition) is 4. The summed E-state index contributed by atoms with van der Waals surface area (Å²) in [4.78, 5) is 22.5. The fraction of sp³-hybridized carbons (Fsp3) is 0.385. The van der Waals surface area contributed by atoms with Crippen molar-refractivity contribution in [2.45, 2.75) is 32.7 Å². The average Bonchev–Trinajstić information content (AvgIpc) is 2.26. The third-order valence-corrected chi connectivity index (χ3v) is 2.08. The van der Waals surface area contributed by atoms with E-state index >= 15 is 0 Å². The summed E-state index contributed by atoms with van der Waals surface area (Å²) in [7, 11) is 0. The number of nitrogens with one attached hydrogen (secondary N) is 1. The summed E-state index contributed by atoms with van der Waals surface area (Å²) in [6, 6.07) is 2.70. The first-order valence-electron chi connectivity index (χ1n) is 6.00. The number of ether oxygens (including phenoxy) is 2. The Morgan fingerprint density at radius 3 is 2.23 bits per heavy atom. The fourth-order valence-corrected chi connectivity index (χ4v) is 1.41. The zero-order valence-electron chi connectivity index (χ0n) is 11.9. The minimum absolute atomic E-state index is 0.0406. The largest absolute Gasteiger partial charge is 0.573 e. The van der Waals surface area contributed by atoms with Crippen molar-refractivity contribution < 1.29 is 37.3 Å². The number of carbonyl (C=O) groups is 2. The first-order valence-corrected chi connectivity index (χ1v) is 6.00. The van der Waals surface area contributed by atoms with Crippen LogP contribution in [0.4, 0.5) is 23.7 Å². The summed E-state index contributed by atoms with van der Waals surface area (Å²) in [6.07, 6.45) is -5.89. The van der Waals surface area contributed by atoms with Gasteiger partial charge in [0.1, 0.15) is 16.9 Å². The van der Waals surface area contributed by atoms with Crippen molar-refractivity contribution in [1.29, 1.82) is 0 Å². The SMILES string of the molecule is CC(C)(C)OC(=O)Nc1ccc(OC(F)(F)F)c(C(=O)O)c1. The van der Waals surface area contributed by atoms with Crippen LogP contribution in [0.15, 0.2) is 18.2 Å².